The topological polar surface area (TPSA) is 42.4 Å². The minimum absolute atomic E-state index is 0.466. The first-order chi connectivity index (χ1) is 12.3. The zero-order chi connectivity index (χ0) is 17.7. The van der Waals surface area contributed by atoms with E-state index in [0.29, 0.717) is 13.0 Å². The molecule has 0 spiro atoms. The van der Waals surface area contributed by atoms with Crippen molar-refractivity contribution in [3.63, 3.8) is 0 Å². The van der Waals surface area contributed by atoms with E-state index in [0.717, 1.165) is 36.1 Å². The third kappa shape index (κ3) is 7.92. The normalized spacial score (nSPS) is 12.9. The second kappa shape index (κ2) is 11.3. The van der Waals surface area contributed by atoms with Crippen LogP contribution >= 0.6 is 0 Å². The molecule has 1 N–H and O–H groups in total. The first-order valence-electron chi connectivity index (χ1n) is 8.90. The maximum absolute atomic E-state index is 9.95. The molecule has 0 amide bonds. The second-order valence-electron chi connectivity index (χ2n) is 5.97. The molecule has 3 heteroatoms. The van der Waals surface area contributed by atoms with Crippen LogP contribution in [0.3, 0.4) is 0 Å². The second-order valence-corrected chi connectivity index (χ2v) is 5.97. The van der Waals surface area contributed by atoms with Crippen LogP contribution < -0.4 is 0 Å². The molecule has 1 unspecified atom stereocenters. The zero-order valence-electron chi connectivity index (χ0n) is 14.8. The Morgan fingerprint density at radius 1 is 1.00 bits per heavy atom. The molecule has 1 atom stereocenters. The lowest BCUT2D eigenvalue weighted by Crippen LogP contribution is -2.07. The van der Waals surface area contributed by atoms with Crippen LogP contribution in [-0.2, 0) is 4.74 Å². The van der Waals surface area contributed by atoms with Crippen LogP contribution in [0.15, 0.2) is 54.9 Å². The Morgan fingerprint density at radius 2 is 1.72 bits per heavy atom. The van der Waals surface area contributed by atoms with Crippen molar-refractivity contribution in [1.82, 2.24) is 4.98 Å². The van der Waals surface area contributed by atoms with Gasteiger partial charge in [-0.25, -0.2) is 0 Å². The molecular formula is C22H27NO2. The Morgan fingerprint density at radius 3 is 2.40 bits per heavy atom. The number of aliphatic hydroxyl groups is 1. The molecule has 1 heterocycles. The summed E-state index contributed by atoms with van der Waals surface area (Å²) < 4.78 is 5.47. The average molecular weight is 337 g/mol. The highest BCUT2D eigenvalue weighted by atomic mass is 16.5. The van der Waals surface area contributed by atoms with Crippen molar-refractivity contribution in [2.24, 2.45) is 0 Å². The van der Waals surface area contributed by atoms with Crippen molar-refractivity contribution < 1.29 is 9.84 Å². The molecule has 0 aliphatic heterocycles. The van der Waals surface area contributed by atoms with Crippen molar-refractivity contribution in [3.05, 3.63) is 71.6 Å². The summed E-state index contributed by atoms with van der Waals surface area (Å²) in [5.41, 5.74) is 3.28. The van der Waals surface area contributed by atoms with Crippen LogP contribution in [0, 0.1) is 0 Å². The zero-order valence-corrected chi connectivity index (χ0v) is 14.8. The highest BCUT2D eigenvalue weighted by molar-refractivity contribution is 5.69. The standard InChI is InChI=1S/C22H27NO2/c1-2-3-16-25-17-14-22(24)13-12-20-8-6-19(7-9-20)10-11-21-5-4-15-23-18-21/h4-13,15,18,22,24H,2-3,14,16-17H2,1H3. The van der Waals surface area contributed by atoms with Gasteiger partial charge in [0, 0.05) is 32.0 Å². The quantitative estimate of drug-likeness (QED) is 0.631. The maximum Gasteiger partial charge on any atom is 0.0746 e. The van der Waals surface area contributed by atoms with Gasteiger partial charge in [-0.15, -0.1) is 0 Å². The number of unbranched alkanes of at least 4 members (excludes halogenated alkanes) is 1. The molecule has 3 nitrogen and oxygen atoms in total. The van der Waals surface area contributed by atoms with Crippen molar-refractivity contribution in [3.8, 4) is 0 Å². The molecule has 2 aromatic rings. The van der Waals surface area contributed by atoms with Crippen molar-refractivity contribution in [2.75, 3.05) is 13.2 Å². The number of pyridine rings is 1. The molecule has 0 saturated heterocycles. The van der Waals surface area contributed by atoms with Crippen LogP contribution in [0.4, 0.5) is 0 Å². The summed E-state index contributed by atoms with van der Waals surface area (Å²) in [5.74, 6) is 0. The summed E-state index contributed by atoms with van der Waals surface area (Å²) in [6.07, 6.45) is 13.9. The molecule has 0 radical (unpaired) electrons. The number of hydrogen-bond acceptors (Lipinski definition) is 3. The average Bonchev–Trinajstić information content (AvgIpc) is 2.66. The fraction of sp³-hybridized carbons (Fsp3) is 0.318. The van der Waals surface area contributed by atoms with Crippen molar-refractivity contribution in [2.45, 2.75) is 32.3 Å². The minimum atomic E-state index is -0.466. The van der Waals surface area contributed by atoms with E-state index in [1.165, 1.54) is 0 Å². The summed E-state index contributed by atoms with van der Waals surface area (Å²) in [5, 5.41) is 9.95. The molecule has 132 valence electrons. The Bertz CT molecular complexity index is 647. The Labute approximate surface area is 150 Å². The van der Waals surface area contributed by atoms with Gasteiger partial charge in [0.2, 0.25) is 0 Å². The maximum atomic E-state index is 9.95. The van der Waals surface area contributed by atoms with E-state index in [9.17, 15) is 5.11 Å². The SMILES string of the molecule is CCCCOCCC(O)C=Cc1ccc(C=Cc2cccnc2)cc1. The number of hydrogen-bond donors (Lipinski definition) is 1. The molecule has 0 fully saturated rings. The molecular weight excluding hydrogens is 310 g/mol. The number of aliphatic hydroxyl groups excluding tert-OH is 1. The van der Waals surface area contributed by atoms with Gasteiger partial charge in [-0.3, -0.25) is 4.98 Å². The van der Waals surface area contributed by atoms with Gasteiger partial charge in [0.1, 0.15) is 0 Å². The Kier molecular flexibility index (Phi) is 8.67. The van der Waals surface area contributed by atoms with E-state index < -0.39 is 6.10 Å². The van der Waals surface area contributed by atoms with Gasteiger partial charge in [0.25, 0.3) is 0 Å². The van der Waals surface area contributed by atoms with E-state index in [4.69, 9.17) is 4.74 Å². The molecule has 1 aromatic heterocycles. The predicted molar refractivity (Wildman–Crippen MR) is 105 cm³/mol. The van der Waals surface area contributed by atoms with Crippen LogP contribution in [0.5, 0.6) is 0 Å². The van der Waals surface area contributed by atoms with Gasteiger partial charge in [0.05, 0.1) is 6.10 Å². The van der Waals surface area contributed by atoms with E-state index in [1.54, 1.807) is 6.20 Å². The lowest BCUT2D eigenvalue weighted by Gasteiger charge is -2.06. The highest BCUT2D eigenvalue weighted by Gasteiger charge is 1.99. The van der Waals surface area contributed by atoms with E-state index in [-0.39, 0.29) is 0 Å². The summed E-state index contributed by atoms with van der Waals surface area (Å²) in [6.45, 7) is 3.52. The lowest BCUT2D eigenvalue weighted by atomic mass is 10.1. The first-order valence-corrected chi connectivity index (χ1v) is 8.90. The number of nitrogens with zero attached hydrogens (tertiary/aromatic N) is 1. The van der Waals surface area contributed by atoms with E-state index in [2.05, 4.69) is 30.1 Å². The van der Waals surface area contributed by atoms with Crippen LogP contribution in [0.2, 0.25) is 0 Å². The molecule has 25 heavy (non-hydrogen) atoms. The summed E-state index contributed by atoms with van der Waals surface area (Å²) >= 11 is 0. The number of rotatable bonds is 10. The van der Waals surface area contributed by atoms with Crippen LogP contribution in [0.25, 0.3) is 18.2 Å². The Balaban J connectivity index is 1.78. The largest absolute Gasteiger partial charge is 0.389 e. The van der Waals surface area contributed by atoms with Gasteiger partial charge in [-0.1, -0.05) is 68.0 Å². The summed E-state index contributed by atoms with van der Waals surface area (Å²) in [6, 6.07) is 12.2. The van der Waals surface area contributed by atoms with Gasteiger partial charge >= 0.3 is 0 Å². The van der Waals surface area contributed by atoms with Crippen molar-refractivity contribution in [1.29, 1.82) is 0 Å². The van der Waals surface area contributed by atoms with Gasteiger partial charge < -0.3 is 9.84 Å². The monoisotopic (exact) mass is 337 g/mol. The lowest BCUT2D eigenvalue weighted by molar-refractivity contribution is 0.0969. The van der Waals surface area contributed by atoms with Crippen LogP contribution in [-0.4, -0.2) is 29.4 Å². The molecule has 2 rings (SSSR count). The minimum Gasteiger partial charge on any atom is -0.389 e. The molecule has 0 aliphatic carbocycles. The number of aromatic nitrogens is 1. The third-order valence-corrected chi connectivity index (χ3v) is 3.80. The van der Waals surface area contributed by atoms with Gasteiger partial charge in [-0.2, -0.15) is 0 Å². The number of benzene rings is 1. The Hall–Kier alpha value is -2.23. The molecule has 1 aromatic carbocycles. The number of ether oxygens (including phenoxy) is 1. The van der Waals surface area contributed by atoms with Gasteiger partial charge in [-0.05, 0) is 29.2 Å². The third-order valence-electron chi connectivity index (χ3n) is 3.80. The summed E-state index contributed by atoms with van der Waals surface area (Å²) in [4.78, 5) is 4.09. The predicted octanol–water partition coefficient (Wildman–Crippen LogP) is 4.83. The highest BCUT2D eigenvalue weighted by Crippen LogP contribution is 2.11. The van der Waals surface area contributed by atoms with E-state index >= 15 is 0 Å². The molecule has 0 aliphatic rings. The summed E-state index contributed by atoms with van der Waals surface area (Å²) in [7, 11) is 0. The molecule has 0 saturated carbocycles. The van der Waals surface area contributed by atoms with Gasteiger partial charge in [0.15, 0.2) is 0 Å². The van der Waals surface area contributed by atoms with E-state index in [1.807, 2.05) is 48.7 Å². The smallest absolute Gasteiger partial charge is 0.0746 e. The fourth-order valence-corrected chi connectivity index (χ4v) is 2.26. The van der Waals surface area contributed by atoms with Crippen LogP contribution in [0.1, 0.15) is 42.9 Å². The fourth-order valence-electron chi connectivity index (χ4n) is 2.26. The van der Waals surface area contributed by atoms with Crippen molar-refractivity contribution >= 4 is 18.2 Å². The molecule has 0 bridgehead atoms. The first kappa shape index (κ1) is 19.1.